The molecule has 6 aromatic heterocycles. The number of hydrogen-bond donors (Lipinski definition) is 8. The number of nitrogens with zero attached hydrogens (tertiary/aromatic N) is 10. The zero-order valence-electron chi connectivity index (χ0n) is 28.5. The van der Waals surface area contributed by atoms with Crippen LogP contribution in [-0.4, -0.2) is 94.9 Å². The maximum absolute atomic E-state index is 9.42. The van der Waals surface area contributed by atoms with Gasteiger partial charge in [0, 0.05) is 24.5 Å². The van der Waals surface area contributed by atoms with Crippen LogP contribution in [0.1, 0.15) is 59.4 Å². The average Bonchev–Trinajstić information content (AvgIpc) is 3.90. The molecule has 0 aromatic carbocycles. The predicted octanol–water partition coefficient (Wildman–Crippen LogP) is 3.94. The summed E-state index contributed by atoms with van der Waals surface area (Å²) in [5.74, 6) is 5.03. The van der Waals surface area contributed by atoms with Crippen LogP contribution in [0.25, 0.3) is 22.1 Å². The highest BCUT2D eigenvalue weighted by Crippen LogP contribution is 2.36. The van der Waals surface area contributed by atoms with Crippen molar-refractivity contribution in [1.82, 2.24) is 59.9 Å². The van der Waals surface area contributed by atoms with E-state index in [1.54, 1.807) is 28.7 Å². The van der Waals surface area contributed by atoms with Crippen LogP contribution in [0.3, 0.4) is 0 Å². The summed E-state index contributed by atoms with van der Waals surface area (Å²) in [6, 6.07) is 4.58. The van der Waals surface area contributed by atoms with Crippen molar-refractivity contribution in [2.24, 2.45) is 11.8 Å². The van der Waals surface area contributed by atoms with Crippen LogP contribution in [0.4, 0.5) is 35.2 Å². The van der Waals surface area contributed by atoms with Gasteiger partial charge in [0.1, 0.15) is 22.9 Å². The lowest BCUT2D eigenvalue weighted by Crippen LogP contribution is -2.18. The number of aliphatic hydroxyl groups is 2. The summed E-state index contributed by atoms with van der Waals surface area (Å²) >= 11 is 0. The highest BCUT2D eigenvalue weighted by Gasteiger charge is 2.29. The van der Waals surface area contributed by atoms with E-state index in [1.165, 1.54) is 25.7 Å². The minimum absolute atomic E-state index is 0.000851. The molecule has 2 saturated carbocycles. The Labute approximate surface area is 287 Å². The lowest BCUT2D eigenvalue weighted by atomic mass is 10.2. The lowest BCUT2D eigenvalue weighted by molar-refractivity contribution is 0.167. The molecule has 18 heteroatoms. The Morgan fingerprint density at radius 1 is 0.760 bits per heavy atom. The summed E-state index contributed by atoms with van der Waals surface area (Å²) in [5.41, 5.74) is 1.53. The Kier molecular flexibility index (Phi) is 9.44. The summed E-state index contributed by atoms with van der Waals surface area (Å²) in [6.45, 7) is 8.33. The Morgan fingerprint density at radius 3 is 1.78 bits per heavy atom. The number of rotatable bonds is 14. The van der Waals surface area contributed by atoms with Crippen molar-refractivity contribution in [3.05, 3.63) is 36.9 Å². The second kappa shape index (κ2) is 14.2. The number of nitrogens with one attached hydrogen (secondary N) is 6. The van der Waals surface area contributed by atoms with Crippen LogP contribution in [0.15, 0.2) is 36.9 Å². The van der Waals surface area contributed by atoms with Crippen LogP contribution < -0.4 is 21.3 Å². The van der Waals surface area contributed by atoms with Crippen LogP contribution >= 0.6 is 0 Å². The molecule has 4 atom stereocenters. The fourth-order valence-corrected chi connectivity index (χ4v) is 5.65. The van der Waals surface area contributed by atoms with Gasteiger partial charge in [0.2, 0.25) is 11.9 Å². The van der Waals surface area contributed by atoms with E-state index in [4.69, 9.17) is 0 Å². The molecular formula is C32H44N16O2. The standard InChI is InChI=1S/2C16H22N8O/c1-9(8-25)24-7-13(22-23-24)19-16-20-14-12(5-6-17-14)15(21-16)18-10(2)11-3-4-11;1-9(25)7-24-8-13(22-23-24)19-16-20-14-12(5-6-17-14)15(21-16)18-10(2)11-3-4-11/h5-7,9-11,25H,3-4,8H2,1-2H3,(H3,17,18,19,20,21);5-6,8-11,25H,3-4,7H2,1-2H3,(H3,17,18,19,20,21)/t9-,10-;9?,10-/m11/s1. The van der Waals surface area contributed by atoms with Crippen LogP contribution in [-0.2, 0) is 6.54 Å². The molecule has 50 heavy (non-hydrogen) atoms. The minimum Gasteiger partial charge on any atom is -0.394 e. The molecule has 2 aliphatic carbocycles. The third kappa shape index (κ3) is 7.92. The smallest absolute Gasteiger partial charge is 0.232 e. The summed E-state index contributed by atoms with van der Waals surface area (Å²) in [6.07, 6.45) is 11.8. The third-order valence-electron chi connectivity index (χ3n) is 8.91. The first-order valence-corrected chi connectivity index (χ1v) is 17.1. The van der Waals surface area contributed by atoms with Gasteiger partial charge in [-0.15, -0.1) is 10.2 Å². The van der Waals surface area contributed by atoms with Crippen LogP contribution in [0, 0.1) is 11.8 Å². The SMILES string of the molecule is CC(O)Cn1cc(Nc2nc(N[C@H](C)C3CC3)c3cc[nH]c3n2)nn1.C[C@H](CO)n1cc(Nc2nc(N[C@H](C)C3CC3)c3cc[nH]c3n2)nn1. The summed E-state index contributed by atoms with van der Waals surface area (Å²) in [4.78, 5) is 24.5. The molecular weight excluding hydrogens is 640 g/mol. The number of aromatic amines is 2. The van der Waals surface area contributed by atoms with Crippen molar-refractivity contribution in [2.45, 2.75) is 84.2 Å². The van der Waals surface area contributed by atoms with Gasteiger partial charge in [-0.05, 0) is 77.3 Å². The molecule has 0 spiro atoms. The second-order valence-corrected chi connectivity index (χ2v) is 13.4. The van der Waals surface area contributed by atoms with Crippen molar-refractivity contribution in [3.63, 3.8) is 0 Å². The zero-order chi connectivity index (χ0) is 34.8. The molecule has 0 radical (unpaired) electrons. The van der Waals surface area contributed by atoms with Crippen LogP contribution in [0.5, 0.6) is 0 Å². The molecule has 6 aromatic rings. The van der Waals surface area contributed by atoms with E-state index >= 15 is 0 Å². The number of H-pyrrole nitrogens is 2. The van der Waals surface area contributed by atoms with Gasteiger partial charge in [-0.3, -0.25) is 0 Å². The maximum Gasteiger partial charge on any atom is 0.232 e. The summed E-state index contributed by atoms with van der Waals surface area (Å²) in [7, 11) is 0. The first kappa shape index (κ1) is 33.2. The summed E-state index contributed by atoms with van der Waals surface area (Å²) < 4.78 is 3.18. The lowest BCUT2D eigenvalue weighted by Gasteiger charge is -2.15. The van der Waals surface area contributed by atoms with Crippen molar-refractivity contribution < 1.29 is 10.2 Å². The molecule has 1 unspecified atom stereocenters. The number of aromatic nitrogens is 12. The van der Waals surface area contributed by atoms with E-state index in [-0.39, 0.29) is 12.6 Å². The maximum atomic E-state index is 9.42. The quantitative estimate of drug-likeness (QED) is 0.0812. The van der Waals surface area contributed by atoms with E-state index in [1.807, 2.05) is 31.5 Å². The van der Waals surface area contributed by atoms with E-state index in [9.17, 15) is 10.2 Å². The molecule has 8 rings (SSSR count). The molecule has 0 bridgehead atoms. The van der Waals surface area contributed by atoms with Crippen molar-refractivity contribution in [1.29, 1.82) is 0 Å². The molecule has 18 nitrogen and oxygen atoms in total. The highest BCUT2D eigenvalue weighted by atomic mass is 16.3. The topological polar surface area (TPSA) is 233 Å². The predicted molar refractivity (Wildman–Crippen MR) is 189 cm³/mol. The molecule has 8 N–H and O–H groups in total. The highest BCUT2D eigenvalue weighted by molar-refractivity contribution is 5.89. The van der Waals surface area contributed by atoms with E-state index < -0.39 is 6.10 Å². The van der Waals surface area contributed by atoms with Gasteiger partial charge >= 0.3 is 0 Å². The zero-order valence-corrected chi connectivity index (χ0v) is 28.5. The Balaban J connectivity index is 0.000000157. The first-order valence-electron chi connectivity index (χ1n) is 17.1. The van der Waals surface area contributed by atoms with Crippen LogP contribution in [0.2, 0.25) is 0 Å². The fourth-order valence-electron chi connectivity index (χ4n) is 5.65. The molecule has 264 valence electrons. The third-order valence-corrected chi connectivity index (χ3v) is 8.91. The number of hydrogen-bond acceptors (Lipinski definition) is 14. The van der Waals surface area contributed by atoms with Gasteiger partial charge in [-0.1, -0.05) is 10.4 Å². The van der Waals surface area contributed by atoms with Crippen molar-refractivity contribution >= 4 is 57.2 Å². The minimum atomic E-state index is -0.485. The Bertz CT molecular complexity index is 2020. The van der Waals surface area contributed by atoms with Crippen molar-refractivity contribution in [2.75, 3.05) is 27.9 Å². The largest absolute Gasteiger partial charge is 0.394 e. The first-order chi connectivity index (χ1) is 24.2. The normalized spacial score (nSPS) is 16.8. The number of anilines is 6. The van der Waals surface area contributed by atoms with E-state index in [0.717, 1.165) is 45.5 Å². The second-order valence-electron chi connectivity index (χ2n) is 13.4. The molecule has 6 heterocycles. The van der Waals surface area contributed by atoms with Gasteiger partial charge in [0.25, 0.3) is 0 Å². The molecule has 2 fully saturated rings. The monoisotopic (exact) mass is 684 g/mol. The summed E-state index contributed by atoms with van der Waals surface area (Å²) in [5, 5.41) is 49.8. The number of aliphatic hydroxyl groups excluding tert-OH is 2. The molecule has 2 aliphatic rings. The number of fused-ring (bicyclic) bond motifs is 2. The molecule has 0 amide bonds. The van der Waals surface area contributed by atoms with Gasteiger partial charge in [0.05, 0.1) is 48.5 Å². The van der Waals surface area contributed by atoms with Gasteiger partial charge in [-0.25, -0.2) is 9.36 Å². The Morgan fingerprint density at radius 2 is 1.28 bits per heavy atom. The fraction of sp³-hybridized carbons (Fsp3) is 0.500. The van der Waals surface area contributed by atoms with Crippen molar-refractivity contribution in [3.8, 4) is 0 Å². The van der Waals surface area contributed by atoms with Gasteiger partial charge in [-0.2, -0.15) is 19.9 Å². The Hall–Kier alpha value is -5.36. The molecule has 0 saturated heterocycles. The average molecular weight is 685 g/mol. The van der Waals surface area contributed by atoms with E-state index in [0.29, 0.717) is 42.2 Å². The molecule has 0 aliphatic heterocycles. The van der Waals surface area contributed by atoms with Gasteiger partial charge < -0.3 is 41.4 Å². The van der Waals surface area contributed by atoms with E-state index in [2.05, 4.69) is 85.6 Å². The van der Waals surface area contributed by atoms with Gasteiger partial charge in [0.15, 0.2) is 11.6 Å².